The van der Waals surface area contributed by atoms with Gasteiger partial charge >= 0.3 is 5.97 Å². The Balaban J connectivity index is 1.58. The molecule has 4 heteroatoms. The van der Waals surface area contributed by atoms with Crippen molar-refractivity contribution in [2.45, 2.75) is 69.4 Å². The highest BCUT2D eigenvalue weighted by molar-refractivity contribution is 5.70. The molecule has 2 aliphatic carbocycles. The fourth-order valence-electron chi connectivity index (χ4n) is 4.69. The van der Waals surface area contributed by atoms with Crippen molar-refractivity contribution in [2.75, 3.05) is 13.1 Å². The van der Waals surface area contributed by atoms with Crippen molar-refractivity contribution < 1.29 is 15.0 Å². The van der Waals surface area contributed by atoms with E-state index in [1.807, 2.05) is 0 Å². The maximum atomic E-state index is 11.0. The monoisotopic (exact) mass is 281 g/mol. The van der Waals surface area contributed by atoms with Gasteiger partial charge in [0.15, 0.2) is 0 Å². The maximum absolute atomic E-state index is 11.0. The fraction of sp³-hybridized carbons (Fsp3) is 0.938. The SMILES string of the molecule is O=C(O)C1CCC(O)(CN2CCCC3CCCC32)CC1. The van der Waals surface area contributed by atoms with Crippen LogP contribution >= 0.6 is 0 Å². The summed E-state index contributed by atoms with van der Waals surface area (Å²) < 4.78 is 0. The van der Waals surface area contributed by atoms with E-state index in [-0.39, 0.29) is 5.92 Å². The number of β-amino-alcohol motifs (C(OH)–C–C–N with tert-alkyl or cyclic N) is 1. The van der Waals surface area contributed by atoms with Crippen LogP contribution in [0.15, 0.2) is 0 Å². The molecule has 2 atom stereocenters. The van der Waals surface area contributed by atoms with Crippen molar-refractivity contribution in [3.63, 3.8) is 0 Å². The molecule has 0 radical (unpaired) electrons. The summed E-state index contributed by atoms with van der Waals surface area (Å²) >= 11 is 0. The second kappa shape index (κ2) is 5.64. The first-order chi connectivity index (χ1) is 9.57. The van der Waals surface area contributed by atoms with E-state index in [4.69, 9.17) is 5.11 Å². The van der Waals surface area contributed by atoms with Crippen LogP contribution in [0.5, 0.6) is 0 Å². The molecule has 3 aliphatic rings. The summed E-state index contributed by atoms with van der Waals surface area (Å²) in [4.78, 5) is 13.5. The molecule has 1 saturated heterocycles. The predicted molar refractivity (Wildman–Crippen MR) is 76.5 cm³/mol. The van der Waals surface area contributed by atoms with Gasteiger partial charge in [-0.2, -0.15) is 0 Å². The van der Waals surface area contributed by atoms with Crippen LogP contribution in [0.2, 0.25) is 0 Å². The zero-order valence-electron chi connectivity index (χ0n) is 12.3. The number of carboxylic acid groups (broad SMARTS) is 1. The zero-order valence-corrected chi connectivity index (χ0v) is 12.3. The van der Waals surface area contributed by atoms with Crippen LogP contribution in [-0.2, 0) is 4.79 Å². The first-order valence-corrected chi connectivity index (χ1v) is 8.27. The Morgan fingerprint density at radius 2 is 1.80 bits per heavy atom. The van der Waals surface area contributed by atoms with Crippen molar-refractivity contribution in [3.05, 3.63) is 0 Å². The van der Waals surface area contributed by atoms with Crippen molar-refractivity contribution in [1.82, 2.24) is 4.90 Å². The summed E-state index contributed by atoms with van der Waals surface area (Å²) in [5.74, 6) is -0.0838. The number of hydrogen-bond acceptors (Lipinski definition) is 3. The fourth-order valence-corrected chi connectivity index (χ4v) is 4.69. The first-order valence-electron chi connectivity index (χ1n) is 8.27. The predicted octanol–water partition coefficient (Wildman–Crippen LogP) is 2.26. The Hall–Kier alpha value is -0.610. The number of nitrogens with zero attached hydrogens (tertiary/aromatic N) is 1. The number of carbonyl (C=O) groups is 1. The van der Waals surface area contributed by atoms with Gasteiger partial charge in [0.2, 0.25) is 0 Å². The molecule has 0 bridgehead atoms. The lowest BCUT2D eigenvalue weighted by Crippen LogP contribution is -2.52. The van der Waals surface area contributed by atoms with Crippen LogP contribution in [0.3, 0.4) is 0 Å². The van der Waals surface area contributed by atoms with Crippen molar-refractivity contribution >= 4 is 5.97 Å². The highest BCUT2D eigenvalue weighted by Gasteiger charge is 2.41. The van der Waals surface area contributed by atoms with Gasteiger partial charge in [0.25, 0.3) is 0 Å². The Morgan fingerprint density at radius 1 is 1.10 bits per heavy atom. The highest BCUT2D eigenvalue weighted by Crippen LogP contribution is 2.39. The standard InChI is InChI=1S/C16H27NO3/c18-15(19)13-6-8-16(20,9-7-13)11-17-10-2-4-12-3-1-5-14(12)17/h12-14,20H,1-11H2,(H,18,19). The molecule has 0 spiro atoms. The van der Waals surface area contributed by atoms with Crippen molar-refractivity contribution in [3.8, 4) is 0 Å². The lowest BCUT2D eigenvalue weighted by atomic mass is 9.78. The topological polar surface area (TPSA) is 60.8 Å². The number of rotatable bonds is 3. The smallest absolute Gasteiger partial charge is 0.306 e. The molecule has 114 valence electrons. The minimum Gasteiger partial charge on any atom is -0.481 e. The molecule has 2 saturated carbocycles. The number of carboxylic acids is 1. The van der Waals surface area contributed by atoms with Crippen LogP contribution in [0.4, 0.5) is 0 Å². The third-order valence-electron chi connectivity index (χ3n) is 5.87. The minimum atomic E-state index is -0.694. The summed E-state index contributed by atoms with van der Waals surface area (Å²) in [5, 5.41) is 19.9. The quantitative estimate of drug-likeness (QED) is 0.833. The van der Waals surface area contributed by atoms with E-state index in [0.29, 0.717) is 31.7 Å². The summed E-state index contributed by atoms with van der Waals surface area (Å²) in [7, 11) is 0. The average Bonchev–Trinajstić information content (AvgIpc) is 2.88. The number of hydrogen-bond donors (Lipinski definition) is 2. The van der Waals surface area contributed by atoms with Crippen LogP contribution in [-0.4, -0.2) is 45.8 Å². The number of fused-ring (bicyclic) bond motifs is 1. The van der Waals surface area contributed by atoms with E-state index in [1.165, 1.54) is 32.1 Å². The molecule has 1 aliphatic heterocycles. The lowest BCUT2D eigenvalue weighted by Gasteiger charge is -2.44. The van der Waals surface area contributed by atoms with Crippen LogP contribution in [0.25, 0.3) is 0 Å². The molecule has 1 heterocycles. The summed E-state index contributed by atoms with van der Waals surface area (Å²) in [6, 6.07) is 0.685. The maximum Gasteiger partial charge on any atom is 0.306 e. The summed E-state index contributed by atoms with van der Waals surface area (Å²) in [6.45, 7) is 1.88. The molecule has 0 aromatic carbocycles. The zero-order chi connectivity index (χ0) is 14.2. The van der Waals surface area contributed by atoms with E-state index >= 15 is 0 Å². The Bertz CT molecular complexity index is 363. The molecule has 20 heavy (non-hydrogen) atoms. The van der Waals surface area contributed by atoms with Gasteiger partial charge in [0, 0.05) is 12.6 Å². The van der Waals surface area contributed by atoms with E-state index < -0.39 is 11.6 Å². The molecule has 2 N–H and O–H groups in total. The lowest BCUT2D eigenvalue weighted by molar-refractivity contribution is -0.145. The van der Waals surface area contributed by atoms with E-state index in [2.05, 4.69) is 4.90 Å². The molecule has 0 aromatic rings. The van der Waals surface area contributed by atoms with Crippen LogP contribution in [0, 0.1) is 11.8 Å². The van der Waals surface area contributed by atoms with Crippen molar-refractivity contribution in [1.29, 1.82) is 0 Å². The van der Waals surface area contributed by atoms with Crippen LogP contribution in [0.1, 0.15) is 57.8 Å². The van der Waals surface area contributed by atoms with Gasteiger partial charge < -0.3 is 10.2 Å². The largest absolute Gasteiger partial charge is 0.481 e. The number of aliphatic hydroxyl groups is 1. The highest BCUT2D eigenvalue weighted by atomic mass is 16.4. The second-order valence-electron chi connectivity index (χ2n) is 7.21. The molecule has 3 rings (SSSR count). The molecule has 0 amide bonds. The molecule has 0 aromatic heterocycles. The molecular weight excluding hydrogens is 254 g/mol. The number of likely N-dealkylation sites (tertiary alicyclic amines) is 1. The van der Waals surface area contributed by atoms with E-state index in [0.717, 1.165) is 19.0 Å². The summed E-state index contributed by atoms with van der Waals surface area (Å²) in [6.07, 6.45) is 9.18. The van der Waals surface area contributed by atoms with E-state index in [9.17, 15) is 9.90 Å². The first kappa shape index (κ1) is 14.3. The molecule has 3 fully saturated rings. The molecular formula is C16H27NO3. The Morgan fingerprint density at radius 3 is 2.50 bits per heavy atom. The minimum absolute atomic E-state index is 0.240. The van der Waals surface area contributed by atoms with Gasteiger partial charge in [0.1, 0.15) is 0 Å². The van der Waals surface area contributed by atoms with Gasteiger partial charge in [0.05, 0.1) is 11.5 Å². The van der Waals surface area contributed by atoms with Gasteiger partial charge in [-0.25, -0.2) is 0 Å². The third-order valence-corrected chi connectivity index (χ3v) is 5.87. The number of piperidine rings is 1. The molecule has 4 nitrogen and oxygen atoms in total. The Kier molecular flexibility index (Phi) is 4.04. The van der Waals surface area contributed by atoms with Crippen molar-refractivity contribution in [2.24, 2.45) is 11.8 Å². The summed E-state index contributed by atoms with van der Waals surface area (Å²) in [5.41, 5.74) is -0.642. The van der Waals surface area contributed by atoms with Crippen LogP contribution < -0.4 is 0 Å². The molecule has 2 unspecified atom stereocenters. The Labute approximate surface area is 121 Å². The van der Waals surface area contributed by atoms with Gasteiger partial charge in [-0.05, 0) is 63.8 Å². The van der Waals surface area contributed by atoms with Gasteiger partial charge in [-0.1, -0.05) is 6.42 Å². The number of aliphatic carboxylic acids is 1. The van der Waals surface area contributed by atoms with Gasteiger partial charge in [-0.15, -0.1) is 0 Å². The van der Waals surface area contributed by atoms with E-state index in [1.54, 1.807) is 0 Å². The van der Waals surface area contributed by atoms with Gasteiger partial charge in [-0.3, -0.25) is 9.69 Å². The average molecular weight is 281 g/mol. The normalized spacial score (nSPS) is 42.4. The third kappa shape index (κ3) is 2.86. The second-order valence-corrected chi connectivity index (χ2v) is 7.21.